The van der Waals surface area contributed by atoms with E-state index in [1.54, 1.807) is 0 Å². The topological polar surface area (TPSA) is 88.4 Å². The van der Waals surface area contributed by atoms with Gasteiger partial charge in [-0.1, -0.05) is 35.9 Å². The molecule has 0 spiro atoms. The molecule has 3 aromatic rings. The number of benzene rings is 1. The highest BCUT2D eigenvalue weighted by atomic mass is 16.2. The van der Waals surface area contributed by atoms with Crippen LogP contribution in [0.5, 0.6) is 0 Å². The van der Waals surface area contributed by atoms with E-state index in [1.165, 1.54) is 6.92 Å². The molecule has 0 aliphatic carbocycles. The second kappa shape index (κ2) is 7.99. The van der Waals surface area contributed by atoms with Gasteiger partial charge in [0.05, 0.1) is 18.5 Å². The Morgan fingerprint density at radius 3 is 2.52 bits per heavy atom. The molecule has 0 saturated carbocycles. The smallest absolute Gasteiger partial charge is 0.222 e. The predicted molar refractivity (Wildman–Crippen MR) is 102 cm³/mol. The molecule has 3 rings (SSSR count). The van der Waals surface area contributed by atoms with Crippen LogP contribution in [-0.2, 0) is 9.59 Å². The summed E-state index contributed by atoms with van der Waals surface area (Å²) in [4.78, 5) is 24.2. The lowest BCUT2D eigenvalue weighted by Gasteiger charge is -2.20. The molecule has 7 heteroatoms. The van der Waals surface area contributed by atoms with Crippen molar-refractivity contribution in [1.82, 2.24) is 25.2 Å². The van der Waals surface area contributed by atoms with Gasteiger partial charge in [0.2, 0.25) is 11.8 Å². The van der Waals surface area contributed by atoms with Crippen LogP contribution in [-0.4, -0.2) is 26.4 Å². The Kier molecular flexibility index (Phi) is 5.49. The van der Waals surface area contributed by atoms with Crippen molar-refractivity contribution in [3.05, 3.63) is 65.6 Å². The monoisotopic (exact) mass is 365 g/mol. The maximum absolute atomic E-state index is 12.6. The number of aromatic nitrogens is 3. The molecule has 140 valence electrons. The summed E-state index contributed by atoms with van der Waals surface area (Å²) in [5.41, 5.74) is 2.74. The third-order valence-electron chi connectivity index (χ3n) is 4.35. The number of rotatable bonds is 6. The van der Waals surface area contributed by atoms with Gasteiger partial charge in [0.1, 0.15) is 0 Å². The first-order valence-corrected chi connectivity index (χ1v) is 8.86. The standard InChI is InChI=1S/C20H23N5O2/c1-13-7-9-16(10-8-13)17(22-15(3)26)12-19(27)21-14(2)20-24-23-18-6-4-5-11-25(18)20/h4-11,14,17H,12H2,1-3H3,(H,21,27)(H,22,26). The van der Waals surface area contributed by atoms with Crippen molar-refractivity contribution in [2.45, 2.75) is 39.3 Å². The fourth-order valence-electron chi connectivity index (χ4n) is 3.00. The van der Waals surface area contributed by atoms with Crippen molar-refractivity contribution in [3.8, 4) is 0 Å². The van der Waals surface area contributed by atoms with Crippen LogP contribution in [0.25, 0.3) is 5.65 Å². The maximum Gasteiger partial charge on any atom is 0.222 e. The van der Waals surface area contributed by atoms with Crippen molar-refractivity contribution >= 4 is 17.5 Å². The Labute approximate surface area is 157 Å². The van der Waals surface area contributed by atoms with Crippen LogP contribution >= 0.6 is 0 Å². The van der Waals surface area contributed by atoms with Gasteiger partial charge in [-0.05, 0) is 31.5 Å². The molecule has 2 atom stereocenters. The Morgan fingerprint density at radius 1 is 1.07 bits per heavy atom. The second-order valence-electron chi connectivity index (χ2n) is 6.64. The highest BCUT2D eigenvalue weighted by molar-refractivity contribution is 5.79. The maximum atomic E-state index is 12.6. The largest absolute Gasteiger partial charge is 0.349 e. The minimum atomic E-state index is -0.384. The molecule has 7 nitrogen and oxygen atoms in total. The van der Waals surface area contributed by atoms with E-state index in [9.17, 15) is 9.59 Å². The zero-order valence-corrected chi connectivity index (χ0v) is 15.6. The number of fused-ring (bicyclic) bond motifs is 1. The summed E-state index contributed by atoms with van der Waals surface area (Å²) in [6.45, 7) is 5.30. The van der Waals surface area contributed by atoms with Gasteiger partial charge in [-0.25, -0.2) is 0 Å². The van der Waals surface area contributed by atoms with Crippen molar-refractivity contribution in [2.75, 3.05) is 0 Å². The number of aryl methyl sites for hydroxylation is 1. The Balaban J connectivity index is 1.71. The second-order valence-corrected chi connectivity index (χ2v) is 6.64. The summed E-state index contributed by atoms with van der Waals surface area (Å²) < 4.78 is 1.84. The molecule has 2 heterocycles. The lowest BCUT2D eigenvalue weighted by molar-refractivity contribution is -0.123. The molecule has 0 aliphatic rings. The minimum absolute atomic E-state index is 0.143. The summed E-state index contributed by atoms with van der Waals surface area (Å²) in [6, 6.07) is 12.7. The lowest BCUT2D eigenvalue weighted by Crippen LogP contribution is -2.34. The van der Waals surface area contributed by atoms with Gasteiger partial charge in [0, 0.05) is 13.1 Å². The van der Waals surface area contributed by atoms with Gasteiger partial charge < -0.3 is 10.6 Å². The van der Waals surface area contributed by atoms with E-state index in [0.29, 0.717) is 5.82 Å². The number of nitrogens with one attached hydrogen (secondary N) is 2. The van der Waals surface area contributed by atoms with E-state index in [4.69, 9.17) is 0 Å². The van der Waals surface area contributed by atoms with Crippen LogP contribution < -0.4 is 10.6 Å². The average Bonchev–Trinajstić information content (AvgIpc) is 3.05. The predicted octanol–water partition coefficient (Wildman–Crippen LogP) is 2.48. The third kappa shape index (κ3) is 4.49. The molecule has 2 amide bonds. The molecular formula is C20H23N5O2. The van der Waals surface area contributed by atoms with E-state index >= 15 is 0 Å². The zero-order valence-electron chi connectivity index (χ0n) is 15.6. The van der Waals surface area contributed by atoms with Crippen LogP contribution in [0, 0.1) is 6.92 Å². The first-order chi connectivity index (χ1) is 12.9. The van der Waals surface area contributed by atoms with E-state index < -0.39 is 0 Å². The molecule has 0 aliphatic heterocycles. The highest BCUT2D eigenvalue weighted by Gasteiger charge is 2.20. The number of hydrogen-bond donors (Lipinski definition) is 2. The van der Waals surface area contributed by atoms with Crippen molar-refractivity contribution in [3.63, 3.8) is 0 Å². The van der Waals surface area contributed by atoms with Crippen LogP contribution in [0.15, 0.2) is 48.7 Å². The molecule has 0 bridgehead atoms. The molecule has 2 unspecified atom stereocenters. The van der Waals surface area contributed by atoms with Crippen molar-refractivity contribution in [2.24, 2.45) is 0 Å². The molecule has 1 aromatic carbocycles. The van der Waals surface area contributed by atoms with Gasteiger partial charge in [-0.2, -0.15) is 0 Å². The number of pyridine rings is 1. The quantitative estimate of drug-likeness (QED) is 0.702. The number of hydrogen-bond acceptors (Lipinski definition) is 4. The molecule has 0 radical (unpaired) electrons. The van der Waals surface area contributed by atoms with Crippen molar-refractivity contribution in [1.29, 1.82) is 0 Å². The minimum Gasteiger partial charge on any atom is -0.349 e. The first kappa shape index (κ1) is 18.6. The van der Waals surface area contributed by atoms with Crippen LogP contribution in [0.1, 0.15) is 49.3 Å². The molecule has 2 aromatic heterocycles. The SMILES string of the molecule is CC(=O)NC(CC(=O)NC(C)c1nnc2ccccn12)c1ccc(C)cc1. The number of carbonyl (C=O) groups is 2. The molecule has 27 heavy (non-hydrogen) atoms. The van der Waals surface area contributed by atoms with E-state index in [1.807, 2.05) is 66.9 Å². The molecule has 0 saturated heterocycles. The lowest BCUT2D eigenvalue weighted by atomic mass is 10.0. The third-order valence-corrected chi connectivity index (χ3v) is 4.35. The zero-order chi connectivity index (χ0) is 19.4. The summed E-state index contributed by atoms with van der Waals surface area (Å²) in [6.07, 6.45) is 2.00. The van der Waals surface area contributed by atoms with Crippen LogP contribution in [0.2, 0.25) is 0 Å². The number of carbonyl (C=O) groups excluding carboxylic acids is 2. The Bertz CT molecular complexity index is 948. The van der Waals surface area contributed by atoms with E-state index in [2.05, 4.69) is 20.8 Å². The van der Waals surface area contributed by atoms with Gasteiger partial charge in [0.15, 0.2) is 11.5 Å². The van der Waals surface area contributed by atoms with Gasteiger partial charge in [-0.15, -0.1) is 10.2 Å². The van der Waals surface area contributed by atoms with Gasteiger partial charge in [0.25, 0.3) is 0 Å². The summed E-state index contributed by atoms with van der Waals surface area (Å²) in [5.74, 6) is 0.310. The van der Waals surface area contributed by atoms with Gasteiger partial charge >= 0.3 is 0 Å². The summed E-state index contributed by atoms with van der Waals surface area (Å²) >= 11 is 0. The first-order valence-electron chi connectivity index (χ1n) is 8.86. The number of amides is 2. The molecular weight excluding hydrogens is 342 g/mol. The van der Waals surface area contributed by atoms with E-state index in [0.717, 1.165) is 16.8 Å². The van der Waals surface area contributed by atoms with Crippen LogP contribution in [0.4, 0.5) is 0 Å². The molecule has 2 N–H and O–H groups in total. The Hall–Kier alpha value is -3.22. The summed E-state index contributed by atoms with van der Waals surface area (Å²) in [5, 5.41) is 14.1. The normalized spacial score (nSPS) is 13.1. The Morgan fingerprint density at radius 2 is 1.81 bits per heavy atom. The number of nitrogens with zero attached hydrogens (tertiary/aromatic N) is 3. The highest BCUT2D eigenvalue weighted by Crippen LogP contribution is 2.19. The fraction of sp³-hybridized carbons (Fsp3) is 0.300. The van der Waals surface area contributed by atoms with Crippen LogP contribution in [0.3, 0.4) is 0 Å². The van der Waals surface area contributed by atoms with Crippen molar-refractivity contribution < 1.29 is 9.59 Å². The average molecular weight is 365 g/mol. The van der Waals surface area contributed by atoms with Gasteiger partial charge in [-0.3, -0.25) is 14.0 Å². The summed E-state index contributed by atoms with van der Waals surface area (Å²) in [7, 11) is 0. The fourth-order valence-corrected chi connectivity index (χ4v) is 3.00. The van der Waals surface area contributed by atoms with E-state index in [-0.39, 0.29) is 30.3 Å². The molecule has 0 fully saturated rings.